The number of hydrazine groups is 2. The number of nitrogens with one attached hydrogen (secondary N) is 2. The predicted molar refractivity (Wildman–Crippen MR) is 117 cm³/mol. The summed E-state index contributed by atoms with van der Waals surface area (Å²) in [6.45, 7) is 0. The van der Waals surface area contributed by atoms with Gasteiger partial charge in [-0.1, -0.05) is 48.5 Å². The number of carbonyl (C=O) groups is 1. The molecule has 1 radical (unpaired) electrons. The third-order valence-corrected chi connectivity index (χ3v) is 6.42. The van der Waals surface area contributed by atoms with Crippen molar-refractivity contribution in [2.75, 3.05) is 14.1 Å². The van der Waals surface area contributed by atoms with Crippen LogP contribution in [0.3, 0.4) is 0 Å². The summed E-state index contributed by atoms with van der Waals surface area (Å²) in [4.78, 5) is 12.1. The van der Waals surface area contributed by atoms with Crippen molar-refractivity contribution in [3.63, 3.8) is 0 Å². The summed E-state index contributed by atoms with van der Waals surface area (Å²) in [5.74, 6) is 0. The van der Waals surface area contributed by atoms with Gasteiger partial charge in [-0.25, -0.2) is 15.6 Å². The van der Waals surface area contributed by atoms with Crippen LogP contribution in [-0.4, -0.2) is 30.1 Å². The quantitative estimate of drug-likeness (QED) is 0.412. The third kappa shape index (κ3) is 1.75. The van der Waals surface area contributed by atoms with Crippen LogP contribution in [0.4, 0.5) is 4.79 Å². The maximum Gasteiger partial charge on any atom is 0.348 e. The monoisotopic (exact) mass is 377 g/mol. The van der Waals surface area contributed by atoms with Crippen molar-refractivity contribution < 1.29 is 4.79 Å². The SMILES string of the molecule is CN1N[C](c2cc3ccc4ccc5ccc6ccc2c2c6c5c4c32)NN(C)C1=O. The molecule has 7 rings (SSSR count). The molecule has 2 amide bonds. The molecule has 1 aliphatic heterocycles. The molecule has 29 heavy (non-hydrogen) atoms. The molecule has 0 aromatic heterocycles. The van der Waals surface area contributed by atoms with Crippen LogP contribution >= 0.6 is 0 Å². The smallest absolute Gasteiger partial charge is 0.259 e. The van der Waals surface area contributed by atoms with Gasteiger partial charge in [-0.2, -0.15) is 0 Å². The van der Waals surface area contributed by atoms with Crippen LogP contribution in [0.25, 0.3) is 53.9 Å². The van der Waals surface area contributed by atoms with Crippen molar-refractivity contribution in [2.24, 2.45) is 0 Å². The molecule has 6 aromatic rings. The molecule has 0 saturated carbocycles. The molecule has 1 saturated heterocycles. The molecule has 1 fully saturated rings. The lowest BCUT2D eigenvalue weighted by atomic mass is 9.94. The molecule has 0 bridgehead atoms. The first-order valence-corrected chi connectivity index (χ1v) is 9.71. The maximum absolute atomic E-state index is 12.1. The minimum absolute atomic E-state index is 0.135. The van der Waals surface area contributed by atoms with Gasteiger partial charge in [0.2, 0.25) is 0 Å². The Morgan fingerprint density at radius 3 is 1.66 bits per heavy atom. The van der Waals surface area contributed by atoms with Gasteiger partial charge in [0.25, 0.3) is 0 Å². The Hall–Kier alpha value is -3.41. The Balaban J connectivity index is 1.65. The summed E-state index contributed by atoms with van der Waals surface area (Å²) in [5, 5.41) is 16.0. The number of hydrogen-bond donors (Lipinski definition) is 2. The molecule has 1 aliphatic rings. The molecule has 0 unspecified atom stereocenters. The van der Waals surface area contributed by atoms with Gasteiger partial charge >= 0.3 is 6.03 Å². The van der Waals surface area contributed by atoms with Gasteiger partial charge in [0.15, 0.2) is 6.17 Å². The van der Waals surface area contributed by atoms with E-state index in [1.54, 1.807) is 14.1 Å². The zero-order valence-corrected chi connectivity index (χ0v) is 16.0. The molecule has 2 N–H and O–H groups in total. The van der Waals surface area contributed by atoms with Crippen molar-refractivity contribution in [3.8, 4) is 0 Å². The average Bonchev–Trinajstić information content (AvgIpc) is 3.11. The van der Waals surface area contributed by atoms with E-state index < -0.39 is 0 Å². The second-order valence-electron chi connectivity index (χ2n) is 8.00. The normalized spacial score (nSPS) is 16.8. The van der Waals surface area contributed by atoms with E-state index in [-0.39, 0.29) is 6.03 Å². The van der Waals surface area contributed by atoms with Crippen LogP contribution in [0.5, 0.6) is 0 Å². The fourth-order valence-electron chi connectivity index (χ4n) is 5.18. The third-order valence-electron chi connectivity index (χ3n) is 6.42. The summed E-state index contributed by atoms with van der Waals surface area (Å²) in [7, 11) is 3.47. The van der Waals surface area contributed by atoms with Crippen LogP contribution in [0.15, 0.2) is 54.6 Å². The van der Waals surface area contributed by atoms with Crippen LogP contribution in [-0.2, 0) is 0 Å². The van der Waals surface area contributed by atoms with Crippen molar-refractivity contribution in [1.82, 2.24) is 20.9 Å². The first kappa shape index (κ1) is 15.5. The number of carbonyl (C=O) groups excluding carboxylic acids is 1. The molecule has 1 heterocycles. The highest BCUT2D eigenvalue weighted by molar-refractivity contribution is 6.44. The van der Waals surface area contributed by atoms with Gasteiger partial charge in [-0.05, 0) is 59.9 Å². The molecule has 6 aromatic carbocycles. The van der Waals surface area contributed by atoms with Gasteiger partial charge in [-0.15, -0.1) is 0 Å². The molecule has 0 spiro atoms. The summed E-state index contributed by atoms with van der Waals surface area (Å²) >= 11 is 0. The van der Waals surface area contributed by atoms with Crippen LogP contribution in [0, 0.1) is 6.17 Å². The minimum atomic E-state index is -0.135. The van der Waals surface area contributed by atoms with Crippen molar-refractivity contribution in [3.05, 3.63) is 66.3 Å². The second-order valence-corrected chi connectivity index (χ2v) is 8.00. The topological polar surface area (TPSA) is 47.6 Å². The van der Waals surface area contributed by atoms with E-state index >= 15 is 0 Å². The highest BCUT2D eigenvalue weighted by Crippen LogP contribution is 2.49. The molecule has 0 atom stereocenters. The van der Waals surface area contributed by atoms with E-state index in [0.717, 1.165) is 11.7 Å². The van der Waals surface area contributed by atoms with Crippen LogP contribution in [0.2, 0.25) is 0 Å². The maximum atomic E-state index is 12.1. The number of nitrogens with zero attached hydrogens (tertiary/aromatic N) is 2. The highest BCUT2D eigenvalue weighted by atomic mass is 16.2. The van der Waals surface area contributed by atoms with Gasteiger partial charge in [-0.3, -0.25) is 10.0 Å². The van der Waals surface area contributed by atoms with Crippen molar-refractivity contribution in [1.29, 1.82) is 0 Å². The lowest BCUT2D eigenvalue weighted by Crippen LogP contribution is -2.62. The van der Waals surface area contributed by atoms with E-state index in [0.29, 0.717) is 0 Å². The van der Waals surface area contributed by atoms with Gasteiger partial charge in [0, 0.05) is 19.7 Å². The predicted octanol–water partition coefficient (Wildman–Crippen LogP) is 4.61. The van der Waals surface area contributed by atoms with Crippen LogP contribution in [0.1, 0.15) is 5.56 Å². The van der Waals surface area contributed by atoms with E-state index in [2.05, 4.69) is 65.4 Å². The van der Waals surface area contributed by atoms with Crippen molar-refractivity contribution >= 4 is 59.9 Å². The molecule has 5 heteroatoms. The summed E-state index contributed by atoms with van der Waals surface area (Å²) in [5.41, 5.74) is 7.46. The lowest BCUT2D eigenvalue weighted by Gasteiger charge is -2.37. The standard InChI is InChI=1S/C24H17N4O/c1-27-24(29)28(2)26-23(25-27)17-11-15-8-7-13-4-3-12-5-6-14-9-10-16(17)22-20(14)18(12)19(13)21(15)22/h3-11,25-26H,1-2H3. The summed E-state index contributed by atoms with van der Waals surface area (Å²) in [6.07, 6.45) is 0.805. The molecule has 139 valence electrons. The number of rotatable bonds is 1. The first-order chi connectivity index (χ1) is 14.1. The number of benzene rings is 5. The first-order valence-electron chi connectivity index (χ1n) is 9.71. The van der Waals surface area contributed by atoms with E-state index in [9.17, 15) is 4.79 Å². The van der Waals surface area contributed by atoms with E-state index in [1.165, 1.54) is 63.9 Å². The molecule has 5 nitrogen and oxygen atoms in total. The fraction of sp³-hybridized carbons (Fsp3) is 0.0833. The highest BCUT2D eigenvalue weighted by Gasteiger charge is 2.31. The fourth-order valence-corrected chi connectivity index (χ4v) is 5.18. The Morgan fingerprint density at radius 1 is 0.621 bits per heavy atom. The van der Waals surface area contributed by atoms with E-state index in [4.69, 9.17) is 0 Å². The zero-order valence-electron chi connectivity index (χ0n) is 16.0. The van der Waals surface area contributed by atoms with Crippen molar-refractivity contribution in [2.45, 2.75) is 0 Å². The largest absolute Gasteiger partial charge is 0.348 e. The number of amides is 2. The number of hydrogen-bond acceptors (Lipinski definition) is 3. The minimum Gasteiger partial charge on any atom is -0.259 e. The summed E-state index contributed by atoms with van der Waals surface area (Å²) < 4.78 is 0. The second kappa shape index (κ2) is 4.95. The Labute approximate surface area is 166 Å². The van der Waals surface area contributed by atoms with Gasteiger partial charge < -0.3 is 0 Å². The lowest BCUT2D eigenvalue weighted by molar-refractivity contribution is 0.100. The molecular weight excluding hydrogens is 360 g/mol. The Bertz CT molecular complexity index is 1520. The zero-order chi connectivity index (χ0) is 19.4. The Morgan fingerprint density at radius 2 is 1.07 bits per heavy atom. The Kier molecular flexibility index (Phi) is 2.65. The van der Waals surface area contributed by atoms with Gasteiger partial charge in [0.05, 0.1) is 0 Å². The summed E-state index contributed by atoms with van der Waals surface area (Å²) in [6, 6.07) is 19.8. The van der Waals surface area contributed by atoms with Gasteiger partial charge in [0.1, 0.15) is 0 Å². The molecule has 0 aliphatic carbocycles. The number of urea groups is 1. The van der Waals surface area contributed by atoms with Crippen LogP contribution < -0.4 is 10.9 Å². The molecular formula is C24H17N4O. The van der Waals surface area contributed by atoms with E-state index in [1.807, 2.05) is 0 Å². The average molecular weight is 377 g/mol.